The SMILES string of the molecule is CC1CCCC(CNC(C)c2ccnn2C)C1. The molecule has 1 N–H and O–H groups in total. The van der Waals surface area contributed by atoms with Gasteiger partial charge < -0.3 is 5.32 Å². The Kier molecular flexibility index (Phi) is 4.21. The van der Waals surface area contributed by atoms with Gasteiger partial charge in [-0.25, -0.2) is 0 Å². The molecule has 1 heterocycles. The molecule has 0 aromatic carbocycles. The fourth-order valence-corrected chi connectivity index (χ4v) is 3.00. The number of hydrogen-bond acceptors (Lipinski definition) is 2. The summed E-state index contributed by atoms with van der Waals surface area (Å²) in [6.07, 6.45) is 7.50. The fraction of sp³-hybridized carbons (Fsp3) is 0.786. The monoisotopic (exact) mass is 235 g/mol. The van der Waals surface area contributed by atoms with Crippen LogP contribution in [0.4, 0.5) is 0 Å². The minimum absolute atomic E-state index is 0.403. The van der Waals surface area contributed by atoms with Crippen molar-refractivity contribution in [3.8, 4) is 0 Å². The van der Waals surface area contributed by atoms with Crippen LogP contribution in [-0.2, 0) is 7.05 Å². The first-order chi connectivity index (χ1) is 8.16. The number of hydrogen-bond donors (Lipinski definition) is 1. The lowest BCUT2D eigenvalue weighted by Crippen LogP contribution is -2.29. The maximum absolute atomic E-state index is 4.22. The highest BCUT2D eigenvalue weighted by Crippen LogP contribution is 2.28. The van der Waals surface area contributed by atoms with Crippen LogP contribution in [0.15, 0.2) is 12.3 Å². The zero-order valence-electron chi connectivity index (χ0n) is 11.3. The second-order valence-electron chi connectivity index (χ2n) is 5.65. The smallest absolute Gasteiger partial charge is 0.0547 e. The van der Waals surface area contributed by atoms with Crippen molar-refractivity contribution in [3.05, 3.63) is 18.0 Å². The lowest BCUT2D eigenvalue weighted by Gasteiger charge is -2.28. The first-order valence-electron chi connectivity index (χ1n) is 6.88. The molecular formula is C14H25N3. The molecule has 0 radical (unpaired) electrons. The van der Waals surface area contributed by atoms with Crippen LogP contribution in [0.25, 0.3) is 0 Å². The normalized spacial score (nSPS) is 27.0. The Balaban J connectivity index is 1.80. The topological polar surface area (TPSA) is 29.9 Å². The molecule has 3 nitrogen and oxygen atoms in total. The van der Waals surface area contributed by atoms with E-state index in [4.69, 9.17) is 0 Å². The molecule has 0 bridgehead atoms. The molecule has 3 atom stereocenters. The molecule has 0 spiro atoms. The van der Waals surface area contributed by atoms with Crippen LogP contribution in [0.5, 0.6) is 0 Å². The molecule has 96 valence electrons. The minimum Gasteiger partial charge on any atom is -0.309 e. The van der Waals surface area contributed by atoms with Gasteiger partial charge in [0.15, 0.2) is 0 Å². The number of aryl methyl sites for hydroxylation is 1. The van der Waals surface area contributed by atoms with Crippen molar-refractivity contribution < 1.29 is 0 Å². The molecule has 1 aliphatic carbocycles. The highest BCUT2D eigenvalue weighted by molar-refractivity contribution is 5.05. The highest BCUT2D eigenvalue weighted by Gasteiger charge is 2.19. The molecule has 1 aliphatic rings. The second kappa shape index (κ2) is 5.67. The summed E-state index contributed by atoms with van der Waals surface area (Å²) in [6.45, 7) is 5.76. The molecule has 17 heavy (non-hydrogen) atoms. The summed E-state index contributed by atoms with van der Waals surface area (Å²) in [4.78, 5) is 0. The van der Waals surface area contributed by atoms with Crippen molar-refractivity contribution >= 4 is 0 Å². The zero-order chi connectivity index (χ0) is 12.3. The van der Waals surface area contributed by atoms with Crippen LogP contribution >= 0.6 is 0 Å². The van der Waals surface area contributed by atoms with Crippen LogP contribution < -0.4 is 5.32 Å². The van der Waals surface area contributed by atoms with Crippen molar-refractivity contribution in [2.75, 3.05) is 6.54 Å². The van der Waals surface area contributed by atoms with Gasteiger partial charge in [-0.15, -0.1) is 0 Å². The second-order valence-corrected chi connectivity index (χ2v) is 5.65. The lowest BCUT2D eigenvalue weighted by molar-refractivity contribution is 0.267. The Morgan fingerprint density at radius 2 is 2.35 bits per heavy atom. The Morgan fingerprint density at radius 1 is 1.53 bits per heavy atom. The maximum Gasteiger partial charge on any atom is 0.0547 e. The van der Waals surface area contributed by atoms with E-state index in [1.54, 1.807) is 0 Å². The van der Waals surface area contributed by atoms with Crippen LogP contribution in [0.1, 0.15) is 51.3 Å². The fourth-order valence-electron chi connectivity index (χ4n) is 3.00. The number of nitrogens with zero attached hydrogens (tertiary/aromatic N) is 2. The molecule has 0 amide bonds. The van der Waals surface area contributed by atoms with E-state index in [2.05, 4.69) is 30.3 Å². The molecule has 1 fully saturated rings. The minimum atomic E-state index is 0.403. The summed E-state index contributed by atoms with van der Waals surface area (Å²) in [6, 6.07) is 2.50. The van der Waals surface area contributed by atoms with Crippen molar-refractivity contribution in [2.24, 2.45) is 18.9 Å². The molecular weight excluding hydrogens is 210 g/mol. The van der Waals surface area contributed by atoms with Gasteiger partial charge in [-0.05, 0) is 44.2 Å². The Labute approximate surface area is 105 Å². The molecule has 3 heteroatoms. The lowest BCUT2D eigenvalue weighted by atomic mass is 9.82. The quantitative estimate of drug-likeness (QED) is 0.869. The molecule has 1 saturated carbocycles. The van der Waals surface area contributed by atoms with Crippen LogP contribution in [-0.4, -0.2) is 16.3 Å². The standard InChI is InChI=1S/C14H25N3/c1-11-5-4-6-13(9-11)10-15-12(2)14-7-8-16-17(14)3/h7-8,11-13,15H,4-6,9-10H2,1-3H3. The average Bonchev–Trinajstić information content (AvgIpc) is 2.72. The summed E-state index contributed by atoms with van der Waals surface area (Å²) in [5.41, 5.74) is 1.27. The van der Waals surface area contributed by atoms with E-state index in [1.807, 2.05) is 17.9 Å². The number of rotatable bonds is 4. The van der Waals surface area contributed by atoms with Gasteiger partial charge in [-0.3, -0.25) is 4.68 Å². The summed E-state index contributed by atoms with van der Waals surface area (Å²) < 4.78 is 1.96. The molecule has 0 aliphatic heterocycles. The van der Waals surface area contributed by atoms with Gasteiger partial charge in [-0.1, -0.05) is 19.8 Å². The van der Waals surface area contributed by atoms with Gasteiger partial charge >= 0.3 is 0 Å². The van der Waals surface area contributed by atoms with Gasteiger partial charge in [0, 0.05) is 19.3 Å². The molecule has 1 aromatic heterocycles. The van der Waals surface area contributed by atoms with E-state index in [-0.39, 0.29) is 0 Å². The number of nitrogens with one attached hydrogen (secondary N) is 1. The predicted molar refractivity (Wildman–Crippen MR) is 70.7 cm³/mol. The van der Waals surface area contributed by atoms with Gasteiger partial charge in [-0.2, -0.15) is 5.10 Å². The molecule has 1 aromatic rings. The average molecular weight is 235 g/mol. The van der Waals surface area contributed by atoms with Gasteiger partial charge in [0.1, 0.15) is 0 Å². The Hall–Kier alpha value is -0.830. The highest BCUT2D eigenvalue weighted by atomic mass is 15.3. The van der Waals surface area contributed by atoms with Gasteiger partial charge in [0.05, 0.1) is 5.69 Å². The first kappa shape index (κ1) is 12.6. The van der Waals surface area contributed by atoms with Gasteiger partial charge in [0.25, 0.3) is 0 Å². The van der Waals surface area contributed by atoms with Crippen molar-refractivity contribution in [1.82, 2.24) is 15.1 Å². The van der Waals surface area contributed by atoms with E-state index in [1.165, 1.54) is 31.4 Å². The van der Waals surface area contributed by atoms with Crippen LogP contribution in [0, 0.1) is 11.8 Å². The van der Waals surface area contributed by atoms with Crippen LogP contribution in [0.2, 0.25) is 0 Å². The van der Waals surface area contributed by atoms with E-state index in [0.717, 1.165) is 18.4 Å². The Morgan fingerprint density at radius 3 is 3.00 bits per heavy atom. The molecule has 0 saturated heterocycles. The Bertz CT molecular complexity index is 345. The summed E-state index contributed by atoms with van der Waals surface area (Å²) >= 11 is 0. The zero-order valence-corrected chi connectivity index (χ0v) is 11.3. The third-order valence-corrected chi connectivity index (χ3v) is 4.06. The van der Waals surface area contributed by atoms with Crippen molar-refractivity contribution in [3.63, 3.8) is 0 Å². The largest absolute Gasteiger partial charge is 0.309 e. The number of aromatic nitrogens is 2. The van der Waals surface area contributed by atoms with E-state index >= 15 is 0 Å². The maximum atomic E-state index is 4.22. The summed E-state index contributed by atoms with van der Waals surface area (Å²) in [5.74, 6) is 1.79. The van der Waals surface area contributed by atoms with Crippen LogP contribution in [0.3, 0.4) is 0 Å². The molecule has 2 rings (SSSR count). The first-order valence-corrected chi connectivity index (χ1v) is 6.88. The summed E-state index contributed by atoms with van der Waals surface area (Å²) in [5, 5.41) is 7.88. The third-order valence-electron chi connectivity index (χ3n) is 4.06. The molecule has 3 unspecified atom stereocenters. The van der Waals surface area contributed by atoms with Crippen molar-refractivity contribution in [1.29, 1.82) is 0 Å². The van der Waals surface area contributed by atoms with E-state index < -0.39 is 0 Å². The van der Waals surface area contributed by atoms with Crippen molar-refractivity contribution in [2.45, 2.75) is 45.6 Å². The van der Waals surface area contributed by atoms with E-state index in [9.17, 15) is 0 Å². The predicted octanol–water partition coefficient (Wildman–Crippen LogP) is 2.90. The van der Waals surface area contributed by atoms with E-state index in [0.29, 0.717) is 6.04 Å². The third kappa shape index (κ3) is 3.32. The summed E-state index contributed by atoms with van der Waals surface area (Å²) in [7, 11) is 2.01. The van der Waals surface area contributed by atoms with Gasteiger partial charge in [0.2, 0.25) is 0 Å².